The summed E-state index contributed by atoms with van der Waals surface area (Å²) in [6, 6.07) is 10.2. The van der Waals surface area contributed by atoms with Crippen LogP contribution in [0.15, 0.2) is 35.1 Å². The molecule has 0 saturated carbocycles. The summed E-state index contributed by atoms with van der Waals surface area (Å²) in [6.45, 7) is 10.3. The van der Waals surface area contributed by atoms with Crippen LogP contribution in [0.4, 0.5) is 0 Å². The number of aromatic nitrogens is 2. The van der Waals surface area contributed by atoms with Gasteiger partial charge in [-0.05, 0) is 55.5 Å². The second kappa shape index (κ2) is 6.23. The first-order valence-electron chi connectivity index (χ1n) is 8.59. The molecule has 0 aliphatic carbocycles. The van der Waals surface area contributed by atoms with E-state index in [0.29, 0.717) is 5.39 Å². The van der Waals surface area contributed by atoms with Crippen LogP contribution in [0.2, 0.25) is 0 Å². The molecule has 3 heteroatoms. The van der Waals surface area contributed by atoms with Gasteiger partial charge in [0, 0.05) is 6.42 Å². The molecule has 0 unspecified atom stereocenters. The fourth-order valence-electron chi connectivity index (χ4n) is 3.46. The smallest absolute Gasteiger partial charge is 0.266 e. The van der Waals surface area contributed by atoms with E-state index in [-0.39, 0.29) is 5.56 Å². The van der Waals surface area contributed by atoms with Gasteiger partial charge in [-0.25, -0.2) is 4.98 Å². The SMILES string of the molecule is CCc1cc(C)cc2c(=O)n(-c3c(C)cccc3C)c(CC)nc12. The third kappa shape index (κ3) is 2.54. The van der Waals surface area contributed by atoms with Crippen LogP contribution in [-0.4, -0.2) is 9.55 Å². The normalized spacial score (nSPS) is 11.2. The van der Waals surface area contributed by atoms with Crippen molar-refractivity contribution < 1.29 is 0 Å². The second-order valence-electron chi connectivity index (χ2n) is 6.44. The molecule has 0 bridgehead atoms. The average Bonchev–Trinajstić information content (AvgIpc) is 2.56. The number of rotatable bonds is 3. The van der Waals surface area contributed by atoms with Crippen molar-refractivity contribution in [2.75, 3.05) is 0 Å². The van der Waals surface area contributed by atoms with E-state index < -0.39 is 0 Å². The molecule has 0 N–H and O–H groups in total. The Hall–Kier alpha value is -2.42. The van der Waals surface area contributed by atoms with Crippen molar-refractivity contribution in [1.29, 1.82) is 0 Å². The quantitative estimate of drug-likeness (QED) is 0.715. The van der Waals surface area contributed by atoms with Gasteiger partial charge >= 0.3 is 0 Å². The molecule has 0 fully saturated rings. The van der Waals surface area contributed by atoms with Crippen molar-refractivity contribution in [3.8, 4) is 5.69 Å². The number of para-hydroxylation sites is 1. The van der Waals surface area contributed by atoms with Crippen LogP contribution in [0.5, 0.6) is 0 Å². The molecular formula is C21H24N2O. The van der Waals surface area contributed by atoms with E-state index in [1.165, 1.54) is 0 Å². The zero-order chi connectivity index (χ0) is 17.4. The van der Waals surface area contributed by atoms with E-state index in [1.54, 1.807) is 0 Å². The van der Waals surface area contributed by atoms with Gasteiger partial charge in [-0.2, -0.15) is 0 Å². The van der Waals surface area contributed by atoms with Gasteiger partial charge in [-0.15, -0.1) is 0 Å². The van der Waals surface area contributed by atoms with Crippen molar-refractivity contribution in [2.45, 2.75) is 47.5 Å². The predicted molar refractivity (Wildman–Crippen MR) is 100 cm³/mol. The van der Waals surface area contributed by atoms with E-state index in [0.717, 1.165) is 52.1 Å². The van der Waals surface area contributed by atoms with Crippen molar-refractivity contribution in [3.05, 3.63) is 68.8 Å². The van der Waals surface area contributed by atoms with Gasteiger partial charge in [0.15, 0.2) is 0 Å². The third-order valence-electron chi connectivity index (χ3n) is 4.63. The molecular weight excluding hydrogens is 296 g/mol. The number of nitrogens with zero attached hydrogens (tertiary/aromatic N) is 2. The lowest BCUT2D eigenvalue weighted by atomic mass is 10.0. The minimum Gasteiger partial charge on any atom is -0.268 e. The molecule has 0 spiro atoms. The predicted octanol–water partition coefficient (Wildman–Crippen LogP) is 4.44. The maximum Gasteiger partial charge on any atom is 0.266 e. The van der Waals surface area contributed by atoms with Crippen LogP contribution in [-0.2, 0) is 12.8 Å². The Morgan fingerprint density at radius 3 is 2.25 bits per heavy atom. The van der Waals surface area contributed by atoms with E-state index >= 15 is 0 Å². The summed E-state index contributed by atoms with van der Waals surface area (Å²) in [5.74, 6) is 0.823. The number of hydrogen-bond donors (Lipinski definition) is 0. The first kappa shape index (κ1) is 16.4. The summed E-state index contributed by atoms with van der Waals surface area (Å²) < 4.78 is 1.81. The highest BCUT2D eigenvalue weighted by Crippen LogP contribution is 2.23. The lowest BCUT2D eigenvalue weighted by Gasteiger charge is -2.18. The lowest BCUT2D eigenvalue weighted by molar-refractivity contribution is 0.822. The van der Waals surface area contributed by atoms with Gasteiger partial charge in [0.2, 0.25) is 0 Å². The van der Waals surface area contributed by atoms with Crippen molar-refractivity contribution in [3.63, 3.8) is 0 Å². The molecule has 1 heterocycles. The highest BCUT2D eigenvalue weighted by molar-refractivity contribution is 5.82. The summed E-state index contributed by atoms with van der Waals surface area (Å²) in [5, 5.41) is 0.715. The van der Waals surface area contributed by atoms with Crippen LogP contribution in [0.3, 0.4) is 0 Å². The third-order valence-corrected chi connectivity index (χ3v) is 4.63. The Morgan fingerprint density at radius 2 is 1.67 bits per heavy atom. The maximum atomic E-state index is 13.4. The van der Waals surface area contributed by atoms with Gasteiger partial charge in [-0.3, -0.25) is 9.36 Å². The topological polar surface area (TPSA) is 34.9 Å². The fourth-order valence-corrected chi connectivity index (χ4v) is 3.46. The molecule has 24 heavy (non-hydrogen) atoms. The first-order valence-corrected chi connectivity index (χ1v) is 8.59. The molecule has 3 aromatic rings. The molecule has 124 valence electrons. The largest absolute Gasteiger partial charge is 0.268 e. The molecule has 3 rings (SSSR count). The molecule has 1 aromatic heterocycles. The number of benzene rings is 2. The first-order chi connectivity index (χ1) is 11.5. The van der Waals surface area contributed by atoms with Crippen LogP contribution >= 0.6 is 0 Å². The van der Waals surface area contributed by atoms with Crippen LogP contribution in [0.25, 0.3) is 16.6 Å². The van der Waals surface area contributed by atoms with Crippen LogP contribution < -0.4 is 5.56 Å². The molecule has 2 aromatic carbocycles. The minimum atomic E-state index is 0.0349. The molecule has 0 radical (unpaired) electrons. The van der Waals surface area contributed by atoms with Crippen LogP contribution in [0, 0.1) is 20.8 Å². The second-order valence-corrected chi connectivity index (χ2v) is 6.44. The molecule has 0 saturated heterocycles. The molecule has 0 aliphatic rings. The summed E-state index contributed by atoms with van der Waals surface area (Å²) in [5.41, 5.74) is 6.29. The van der Waals surface area contributed by atoms with Gasteiger partial charge in [0.05, 0.1) is 16.6 Å². The molecule has 0 amide bonds. The Bertz CT molecular complexity index is 963. The molecule has 0 aliphatic heterocycles. The van der Waals surface area contributed by atoms with E-state index in [2.05, 4.69) is 19.9 Å². The highest BCUT2D eigenvalue weighted by Gasteiger charge is 2.16. The maximum absolute atomic E-state index is 13.4. The van der Waals surface area contributed by atoms with Gasteiger partial charge in [0.1, 0.15) is 5.82 Å². The van der Waals surface area contributed by atoms with Gasteiger partial charge < -0.3 is 0 Å². The molecule has 3 nitrogen and oxygen atoms in total. The summed E-state index contributed by atoms with van der Waals surface area (Å²) in [4.78, 5) is 18.2. The zero-order valence-electron chi connectivity index (χ0n) is 15.1. The summed E-state index contributed by atoms with van der Waals surface area (Å²) >= 11 is 0. The number of fused-ring (bicyclic) bond motifs is 1. The number of hydrogen-bond acceptors (Lipinski definition) is 2. The van der Waals surface area contributed by atoms with Crippen molar-refractivity contribution in [1.82, 2.24) is 9.55 Å². The van der Waals surface area contributed by atoms with Gasteiger partial charge in [-0.1, -0.05) is 38.1 Å². The summed E-state index contributed by atoms with van der Waals surface area (Å²) in [7, 11) is 0. The standard InChI is InChI=1S/C21H24N2O/c1-6-16-11-13(3)12-17-19(16)22-18(7-2)23(21(17)24)20-14(4)9-8-10-15(20)5/h8-12H,6-7H2,1-5H3. The van der Waals surface area contributed by atoms with Crippen LogP contribution in [0.1, 0.15) is 41.9 Å². The number of aryl methyl sites for hydroxylation is 5. The Balaban J connectivity index is 2.50. The summed E-state index contributed by atoms with van der Waals surface area (Å²) in [6.07, 6.45) is 1.59. The Morgan fingerprint density at radius 1 is 1.00 bits per heavy atom. The Kier molecular flexibility index (Phi) is 4.27. The van der Waals surface area contributed by atoms with E-state index in [1.807, 2.05) is 49.6 Å². The molecule has 0 atom stereocenters. The Labute approximate surface area is 143 Å². The minimum absolute atomic E-state index is 0.0349. The fraction of sp³-hybridized carbons (Fsp3) is 0.333. The zero-order valence-corrected chi connectivity index (χ0v) is 15.1. The van der Waals surface area contributed by atoms with Crippen molar-refractivity contribution >= 4 is 10.9 Å². The van der Waals surface area contributed by atoms with Gasteiger partial charge in [0.25, 0.3) is 5.56 Å². The lowest BCUT2D eigenvalue weighted by Crippen LogP contribution is -2.25. The van der Waals surface area contributed by atoms with E-state index in [9.17, 15) is 4.79 Å². The monoisotopic (exact) mass is 320 g/mol. The highest BCUT2D eigenvalue weighted by atomic mass is 16.1. The average molecular weight is 320 g/mol. The van der Waals surface area contributed by atoms with Crippen molar-refractivity contribution in [2.24, 2.45) is 0 Å². The van der Waals surface area contributed by atoms with E-state index in [4.69, 9.17) is 4.98 Å².